The molecule has 1 aliphatic carbocycles. The third kappa shape index (κ3) is 7.55. The fourth-order valence-electron chi connectivity index (χ4n) is 4.24. The third-order valence-corrected chi connectivity index (χ3v) is 6.27. The predicted molar refractivity (Wildman–Crippen MR) is 132 cm³/mol. The van der Waals surface area contributed by atoms with E-state index in [1.54, 1.807) is 0 Å². The van der Waals surface area contributed by atoms with Gasteiger partial charge in [0.05, 0.1) is 19.6 Å². The molecule has 1 aliphatic rings. The SMILES string of the molecule is CC(C)C(CNC(=O)OCC1c2ccccc2-c2ccccc21)CC(=O)NCCOCCC(=O)O. The average Bonchev–Trinajstić information content (AvgIpc) is 3.16. The zero-order valence-electron chi connectivity index (χ0n) is 20.3. The lowest BCUT2D eigenvalue weighted by Gasteiger charge is -2.21. The van der Waals surface area contributed by atoms with Crippen molar-refractivity contribution >= 4 is 18.0 Å². The monoisotopic (exact) mass is 482 g/mol. The van der Waals surface area contributed by atoms with Crippen molar-refractivity contribution in [3.8, 4) is 11.1 Å². The summed E-state index contributed by atoms with van der Waals surface area (Å²) in [4.78, 5) is 35.2. The highest BCUT2D eigenvalue weighted by molar-refractivity contribution is 5.79. The van der Waals surface area contributed by atoms with Crippen LogP contribution < -0.4 is 10.6 Å². The molecule has 0 aliphatic heterocycles. The van der Waals surface area contributed by atoms with Gasteiger partial charge in [0.25, 0.3) is 0 Å². The smallest absolute Gasteiger partial charge is 0.407 e. The molecular weight excluding hydrogens is 448 g/mol. The van der Waals surface area contributed by atoms with Crippen LogP contribution in [-0.2, 0) is 19.1 Å². The second-order valence-electron chi connectivity index (χ2n) is 9.02. The number of hydrogen-bond donors (Lipinski definition) is 3. The minimum Gasteiger partial charge on any atom is -0.481 e. The van der Waals surface area contributed by atoms with E-state index in [0.717, 1.165) is 11.1 Å². The Morgan fingerprint density at radius 2 is 1.57 bits per heavy atom. The van der Waals surface area contributed by atoms with Crippen molar-refractivity contribution in [1.82, 2.24) is 10.6 Å². The van der Waals surface area contributed by atoms with E-state index in [4.69, 9.17) is 14.6 Å². The summed E-state index contributed by atoms with van der Waals surface area (Å²) in [5.41, 5.74) is 4.67. The Hall–Kier alpha value is -3.39. The maximum Gasteiger partial charge on any atom is 0.407 e. The molecule has 0 saturated carbocycles. The number of fused-ring (bicyclic) bond motifs is 3. The van der Waals surface area contributed by atoms with Gasteiger partial charge in [-0.25, -0.2) is 4.79 Å². The number of carboxylic acid groups (broad SMARTS) is 1. The summed E-state index contributed by atoms with van der Waals surface area (Å²) in [6.07, 6.45) is -0.300. The third-order valence-electron chi connectivity index (χ3n) is 6.27. The van der Waals surface area contributed by atoms with Crippen molar-refractivity contribution in [3.05, 3.63) is 59.7 Å². The van der Waals surface area contributed by atoms with Gasteiger partial charge in [-0.2, -0.15) is 0 Å². The van der Waals surface area contributed by atoms with E-state index in [9.17, 15) is 14.4 Å². The second-order valence-corrected chi connectivity index (χ2v) is 9.02. The molecule has 0 aromatic heterocycles. The first-order valence-corrected chi connectivity index (χ1v) is 12.0. The molecule has 0 heterocycles. The van der Waals surface area contributed by atoms with Gasteiger partial charge in [0.2, 0.25) is 5.91 Å². The van der Waals surface area contributed by atoms with Crippen LogP contribution in [0.1, 0.15) is 43.7 Å². The van der Waals surface area contributed by atoms with Gasteiger partial charge in [-0.05, 0) is 34.1 Å². The maximum atomic E-state index is 12.5. The molecule has 1 atom stereocenters. The second kappa shape index (κ2) is 12.9. The molecule has 1 unspecified atom stereocenters. The molecular formula is C27H34N2O6. The molecule has 3 N–H and O–H groups in total. The summed E-state index contributed by atoms with van der Waals surface area (Å²) < 4.78 is 10.8. The van der Waals surface area contributed by atoms with Crippen molar-refractivity contribution < 1.29 is 29.0 Å². The first kappa shape index (κ1) is 26.2. The van der Waals surface area contributed by atoms with Crippen LogP contribution in [0.4, 0.5) is 4.79 Å². The molecule has 8 nitrogen and oxygen atoms in total. The molecule has 2 aromatic carbocycles. The van der Waals surface area contributed by atoms with Gasteiger partial charge in [0.15, 0.2) is 0 Å². The average molecular weight is 483 g/mol. The maximum absolute atomic E-state index is 12.5. The highest BCUT2D eigenvalue weighted by Gasteiger charge is 2.29. The van der Waals surface area contributed by atoms with Gasteiger partial charge < -0.3 is 25.2 Å². The molecule has 2 aromatic rings. The Balaban J connectivity index is 1.42. The Labute approximate surface area is 206 Å². The van der Waals surface area contributed by atoms with Crippen molar-refractivity contribution in [1.29, 1.82) is 0 Å². The summed E-state index contributed by atoms with van der Waals surface area (Å²) in [6.45, 7) is 5.26. The lowest BCUT2D eigenvalue weighted by Crippen LogP contribution is -2.36. The van der Waals surface area contributed by atoms with Gasteiger partial charge in [-0.1, -0.05) is 62.4 Å². The molecule has 0 fully saturated rings. The van der Waals surface area contributed by atoms with E-state index in [-0.39, 0.29) is 56.3 Å². The largest absolute Gasteiger partial charge is 0.481 e. The predicted octanol–water partition coefficient (Wildman–Crippen LogP) is 3.79. The van der Waals surface area contributed by atoms with E-state index in [2.05, 4.69) is 34.9 Å². The number of carboxylic acids is 1. The molecule has 3 rings (SSSR count). The molecule has 0 radical (unpaired) electrons. The minimum absolute atomic E-state index is 0.00228. The quantitative estimate of drug-likeness (QED) is 0.374. The number of nitrogens with one attached hydrogen (secondary N) is 2. The normalized spacial score (nSPS) is 13.1. The Morgan fingerprint density at radius 1 is 0.943 bits per heavy atom. The molecule has 8 heteroatoms. The number of amides is 2. The number of hydrogen-bond acceptors (Lipinski definition) is 5. The highest BCUT2D eigenvalue weighted by Crippen LogP contribution is 2.44. The summed E-state index contributed by atoms with van der Waals surface area (Å²) >= 11 is 0. The lowest BCUT2D eigenvalue weighted by molar-refractivity contribution is -0.138. The zero-order valence-corrected chi connectivity index (χ0v) is 20.3. The summed E-state index contributed by atoms with van der Waals surface area (Å²) in [5, 5.41) is 14.2. The summed E-state index contributed by atoms with van der Waals surface area (Å²) in [6, 6.07) is 16.4. The summed E-state index contributed by atoms with van der Waals surface area (Å²) in [5.74, 6) is -0.931. The van der Waals surface area contributed by atoms with Crippen LogP contribution in [0.3, 0.4) is 0 Å². The molecule has 2 amide bonds. The number of benzene rings is 2. The van der Waals surface area contributed by atoms with Crippen LogP contribution in [0, 0.1) is 11.8 Å². The number of rotatable bonds is 13. The molecule has 0 saturated heterocycles. The number of ether oxygens (including phenoxy) is 2. The first-order chi connectivity index (χ1) is 16.9. The van der Waals surface area contributed by atoms with Crippen LogP contribution in [0.25, 0.3) is 11.1 Å². The van der Waals surface area contributed by atoms with Gasteiger partial charge in [-0.3, -0.25) is 9.59 Å². The van der Waals surface area contributed by atoms with E-state index in [1.165, 1.54) is 11.1 Å². The number of alkyl carbamates (subject to hydrolysis) is 1. The number of carbonyl (C=O) groups excluding carboxylic acids is 2. The van der Waals surface area contributed by atoms with Gasteiger partial charge in [0.1, 0.15) is 6.61 Å². The van der Waals surface area contributed by atoms with Gasteiger partial charge in [-0.15, -0.1) is 0 Å². The van der Waals surface area contributed by atoms with E-state index in [1.807, 2.05) is 38.1 Å². The van der Waals surface area contributed by atoms with Crippen LogP contribution in [-0.4, -0.2) is 56.0 Å². The van der Waals surface area contributed by atoms with Crippen LogP contribution in [0.2, 0.25) is 0 Å². The van der Waals surface area contributed by atoms with Crippen molar-refractivity contribution in [2.75, 3.05) is 32.9 Å². The van der Waals surface area contributed by atoms with Gasteiger partial charge in [0, 0.05) is 25.4 Å². The highest BCUT2D eigenvalue weighted by atomic mass is 16.5. The van der Waals surface area contributed by atoms with Crippen molar-refractivity contribution in [2.24, 2.45) is 11.8 Å². The topological polar surface area (TPSA) is 114 Å². The Kier molecular flexibility index (Phi) is 9.66. The number of aliphatic carboxylic acids is 1. The van der Waals surface area contributed by atoms with E-state index in [0.29, 0.717) is 13.1 Å². The van der Waals surface area contributed by atoms with Crippen LogP contribution in [0.15, 0.2) is 48.5 Å². The number of carbonyl (C=O) groups is 3. The van der Waals surface area contributed by atoms with E-state index < -0.39 is 12.1 Å². The molecule has 188 valence electrons. The standard InChI is InChI=1S/C27H34N2O6/c1-18(2)19(15-25(30)28-12-14-34-13-11-26(31)32)16-29-27(33)35-17-24-22-9-5-3-7-20(22)21-8-4-6-10-23(21)24/h3-10,18-19,24H,11-17H2,1-2H3,(H,28,30)(H,29,33)(H,31,32). The fourth-order valence-corrected chi connectivity index (χ4v) is 4.24. The summed E-state index contributed by atoms with van der Waals surface area (Å²) in [7, 11) is 0. The Bertz CT molecular complexity index is 977. The van der Waals surface area contributed by atoms with Gasteiger partial charge >= 0.3 is 12.1 Å². The Morgan fingerprint density at radius 3 is 2.17 bits per heavy atom. The van der Waals surface area contributed by atoms with Crippen molar-refractivity contribution in [3.63, 3.8) is 0 Å². The van der Waals surface area contributed by atoms with Crippen LogP contribution in [0.5, 0.6) is 0 Å². The van der Waals surface area contributed by atoms with Crippen LogP contribution >= 0.6 is 0 Å². The fraction of sp³-hybridized carbons (Fsp3) is 0.444. The molecule has 0 bridgehead atoms. The lowest BCUT2D eigenvalue weighted by atomic mass is 9.92. The van der Waals surface area contributed by atoms with Crippen molar-refractivity contribution in [2.45, 2.75) is 32.6 Å². The molecule has 35 heavy (non-hydrogen) atoms. The first-order valence-electron chi connectivity index (χ1n) is 12.0. The zero-order chi connectivity index (χ0) is 25.2. The minimum atomic E-state index is -0.919. The molecule has 0 spiro atoms. The van der Waals surface area contributed by atoms with E-state index >= 15 is 0 Å².